The average molecular weight is 177 g/mol. The Morgan fingerprint density at radius 2 is 2.00 bits per heavy atom. The van der Waals surface area contributed by atoms with Crippen molar-refractivity contribution in [2.45, 2.75) is 0 Å². The highest BCUT2D eigenvalue weighted by molar-refractivity contribution is 5.88. The second-order valence-electron chi connectivity index (χ2n) is 2.42. The quantitative estimate of drug-likeness (QED) is 0.362. The number of nitrogens with two attached hydrogens (primary N) is 1. The monoisotopic (exact) mass is 177 g/mol. The van der Waals surface area contributed by atoms with E-state index >= 15 is 0 Å². The van der Waals surface area contributed by atoms with Crippen LogP contribution in [-0.2, 0) is 0 Å². The molecule has 1 aromatic carbocycles. The molecular weight excluding hydrogens is 166 g/mol. The molecule has 4 N–H and O–H groups in total. The lowest BCUT2D eigenvalue weighted by atomic mass is 10.2. The van der Waals surface area contributed by atoms with Gasteiger partial charge in [0.15, 0.2) is 0 Å². The predicted octanol–water partition coefficient (Wildman–Crippen LogP) is 1.32. The van der Waals surface area contributed by atoms with Crippen LogP contribution >= 0.6 is 0 Å². The minimum Gasteiger partial charge on any atom is -0.307 e. The zero-order valence-electron chi connectivity index (χ0n) is 7.08. The molecule has 0 unspecified atom stereocenters. The number of hydrazine groups is 1. The molecule has 0 spiro atoms. The molecule has 0 radical (unpaired) electrons. The lowest BCUT2D eigenvalue weighted by molar-refractivity contribution is 0.252. The molecule has 0 heterocycles. The molecule has 2 amide bonds. The lowest BCUT2D eigenvalue weighted by Gasteiger charge is -2.03. The summed E-state index contributed by atoms with van der Waals surface area (Å²) >= 11 is 0. The molecule has 0 aromatic heterocycles. The number of nitrogens with one attached hydrogen (secondary N) is 2. The number of amides is 2. The van der Waals surface area contributed by atoms with E-state index in [9.17, 15) is 4.79 Å². The molecule has 4 nitrogen and oxygen atoms in total. The minimum absolute atomic E-state index is 0.439. The van der Waals surface area contributed by atoms with Crippen LogP contribution in [0.25, 0.3) is 6.08 Å². The third kappa shape index (κ3) is 2.61. The van der Waals surface area contributed by atoms with Crippen molar-refractivity contribution in [2.75, 3.05) is 5.32 Å². The Labute approximate surface area is 76.4 Å². The number of carbonyl (C=O) groups is 1. The van der Waals surface area contributed by atoms with Gasteiger partial charge in [0.1, 0.15) is 0 Å². The highest BCUT2D eigenvalue weighted by Gasteiger charge is 1.96. The van der Waals surface area contributed by atoms with Crippen LogP contribution in [-0.4, -0.2) is 6.03 Å². The molecule has 0 atom stereocenters. The van der Waals surface area contributed by atoms with Crippen LogP contribution in [0.4, 0.5) is 10.5 Å². The van der Waals surface area contributed by atoms with E-state index < -0.39 is 6.03 Å². The van der Waals surface area contributed by atoms with Gasteiger partial charge in [-0.25, -0.2) is 10.6 Å². The molecule has 4 heteroatoms. The maximum absolute atomic E-state index is 10.8. The summed E-state index contributed by atoms with van der Waals surface area (Å²) in [4.78, 5) is 10.8. The predicted molar refractivity (Wildman–Crippen MR) is 52.9 cm³/mol. The van der Waals surface area contributed by atoms with Crippen molar-refractivity contribution in [3.63, 3.8) is 0 Å². The molecule has 0 aliphatic heterocycles. The van der Waals surface area contributed by atoms with E-state index in [0.29, 0.717) is 5.69 Å². The van der Waals surface area contributed by atoms with Gasteiger partial charge in [-0.15, -0.1) is 0 Å². The summed E-state index contributed by atoms with van der Waals surface area (Å²) in [5.41, 5.74) is 3.66. The highest BCUT2D eigenvalue weighted by atomic mass is 16.2. The van der Waals surface area contributed by atoms with Gasteiger partial charge in [-0.05, 0) is 17.7 Å². The third-order valence-electron chi connectivity index (χ3n) is 1.54. The number of benzene rings is 1. The van der Waals surface area contributed by atoms with Gasteiger partial charge < -0.3 is 5.32 Å². The van der Waals surface area contributed by atoms with E-state index in [4.69, 9.17) is 5.84 Å². The Kier molecular flexibility index (Phi) is 3.05. The van der Waals surface area contributed by atoms with E-state index in [1.54, 1.807) is 18.2 Å². The summed E-state index contributed by atoms with van der Waals surface area (Å²) in [6.45, 7) is 3.62. The smallest absolute Gasteiger partial charge is 0.307 e. The fourth-order valence-electron chi connectivity index (χ4n) is 0.870. The number of rotatable bonds is 2. The zero-order chi connectivity index (χ0) is 9.68. The van der Waals surface area contributed by atoms with Crippen LogP contribution in [0.1, 0.15) is 5.56 Å². The van der Waals surface area contributed by atoms with Crippen LogP contribution in [0.15, 0.2) is 30.8 Å². The lowest BCUT2D eigenvalue weighted by Crippen LogP contribution is -2.34. The van der Waals surface area contributed by atoms with Gasteiger partial charge in [-0.2, -0.15) is 0 Å². The first-order valence-electron chi connectivity index (χ1n) is 3.76. The first-order chi connectivity index (χ1) is 6.26. The summed E-state index contributed by atoms with van der Waals surface area (Å²) in [6.07, 6.45) is 1.73. The SMILES string of the molecule is C=Cc1ccc(NC(=O)NN)cc1. The highest BCUT2D eigenvalue weighted by Crippen LogP contribution is 2.09. The number of hydrogen-bond acceptors (Lipinski definition) is 2. The Balaban J connectivity index is 2.69. The van der Waals surface area contributed by atoms with Gasteiger partial charge in [0.05, 0.1) is 0 Å². The second kappa shape index (κ2) is 4.27. The maximum atomic E-state index is 10.8. The normalized spacial score (nSPS) is 9.00. The number of hydrogen-bond donors (Lipinski definition) is 3. The van der Waals surface area contributed by atoms with Gasteiger partial charge >= 0.3 is 6.03 Å². The molecule has 0 aliphatic carbocycles. The zero-order valence-corrected chi connectivity index (χ0v) is 7.08. The second-order valence-corrected chi connectivity index (χ2v) is 2.42. The molecular formula is C9H11N3O. The Morgan fingerprint density at radius 3 is 2.46 bits per heavy atom. The van der Waals surface area contributed by atoms with Gasteiger partial charge in [0, 0.05) is 5.69 Å². The van der Waals surface area contributed by atoms with Crippen molar-refractivity contribution in [2.24, 2.45) is 5.84 Å². The summed E-state index contributed by atoms with van der Waals surface area (Å²) in [7, 11) is 0. The summed E-state index contributed by atoms with van der Waals surface area (Å²) in [6, 6.07) is 6.79. The number of anilines is 1. The van der Waals surface area contributed by atoms with Crippen LogP contribution in [0, 0.1) is 0 Å². The summed E-state index contributed by atoms with van der Waals surface area (Å²) < 4.78 is 0. The van der Waals surface area contributed by atoms with E-state index in [2.05, 4.69) is 11.9 Å². The molecule has 0 bridgehead atoms. The topological polar surface area (TPSA) is 67.2 Å². The summed E-state index contributed by atoms with van der Waals surface area (Å²) in [5, 5.41) is 2.53. The van der Waals surface area contributed by atoms with E-state index in [1.807, 2.05) is 17.6 Å². The van der Waals surface area contributed by atoms with Gasteiger partial charge in [0.25, 0.3) is 0 Å². The van der Waals surface area contributed by atoms with Crippen molar-refractivity contribution in [1.82, 2.24) is 5.43 Å². The van der Waals surface area contributed by atoms with Crippen molar-refractivity contribution >= 4 is 17.8 Å². The van der Waals surface area contributed by atoms with Crippen LogP contribution < -0.4 is 16.6 Å². The van der Waals surface area contributed by atoms with Crippen LogP contribution in [0.5, 0.6) is 0 Å². The van der Waals surface area contributed by atoms with Gasteiger partial charge in [0.2, 0.25) is 0 Å². The van der Waals surface area contributed by atoms with Crippen molar-refractivity contribution in [3.05, 3.63) is 36.4 Å². The van der Waals surface area contributed by atoms with Crippen molar-refractivity contribution in [3.8, 4) is 0 Å². The van der Waals surface area contributed by atoms with Crippen LogP contribution in [0.2, 0.25) is 0 Å². The Morgan fingerprint density at radius 1 is 1.38 bits per heavy atom. The maximum Gasteiger partial charge on any atom is 0.333 e. The Bertz CT molecular complexity index is 305. The first kappa shape index (κ1) is 9.28. The summed E-state index contributed by atoms with van der Waals surface area (Å²) in [5.74, 6) is 4.90. The van der Waals surface area contributed by atoms with E-state index in [0.717, 1.165) is 5.56 Å². The number of carbonyl (C=O) groups excluding carboxylic acids is 1. The molecule has 0 saturated heterocycles. The van der Waals surface area contributed by atoms with Gasteiger partial charge in [-0.3, -0.25) is 5.43 Å². The molecule has 0 aliphatic rings. The third-order valence-corrected chi connectivity index (χ3v) is 1.54. The first-order valence-corrected chi connectivity index (χ1v) is 3.76. The van der Waals surface area contributed by atoms with Crippen molar-refractivity contribution < 1.29 is 4.79 Å². The molecule has 0 saturated carbocycles. The minimum atomic E-state index is -0.439. The molecule has 1 rings (SSSR count). The molecule has 13 heavy (non-hydrogen) atoms. The molecule has 1 aromatic rings. The fourth-order valence-corrected chi connectivity index (χ4v) is 0.870. The van der Waals surface area contributed by atoms with E-state index in [1.165, 1.54) is 0 Å². The largest absolute Gasteiger partial charge is 0.333 e. The van der Waals surface area contributed by atoms with E-state index in [-0.39, 0.29) is 0 Å². The van der Waals surface area contributed by atoms with Crippen LogP contribution in [0.3, 0.4) is 0 Å². The number of urea groups is 1. The Hall–Kier alpha value is -1.81. The average Bonchev–Trinajstić information content (AvgIpc) is 2.19. The standard InChI is InChI=1S/C9H11N3O/c1-2-7-3-5-8(6-4-7)11-9(13)12-10/h2-6H,1,10H2,(H2,11,12,13). The molecule has 0 fully saturated rings. The fraction of sp³-hybridized carbons (Fsp3) is 0. The van der Waals surface area contributed by atoms with Gasteiger partial charge in [-0.1, -0.05) is 24.8 Å². The van der Waals surface area contributed by atoms with Crippen molar-refractivity contribution in [1.29, 1.82) is 0 Å². The molecule has 68 valence electrons.